The molecule has 1 N–H and O–H groups in total. The van der Waals surface area contributed by atoms with E-state index < -0.39 is 6.04 Å². The third-order valence-electron chi connectivity index (χ3n) is 5.35. The molecule has 1 aliphatic heterocycles. The molecule has 0 saturated carbocycles. The number of carbonyl (C=O) groups is 2. The summed E-state index contributed by atoms with van der Waals surface area (Å²) in [6.07, 6.45) is 1.88. The van der Waals surface area contributed by atoms with Gasteiger partial charge in [0.05, 0.1) is 0 Å². The molecule has 3 aromatic carbocycles. The van der Waals surface area contributed by atoms with Gasteiger partial charge in [-0.1, -0.05) is 66.2 Å². The van der Waals surface area contributed by atoms with E-state index in [1.165, 1.54) is 5.56 Å². The highest BCUT2D eigenvalue weighted by Gasteiger charge is 2.31. The highest BCUT2D eigenvalue weighted by molar-refractivity contribution is 6.03. The molecule has 0 spiro atoms. The monoisotopic (exact) mass is 384 g/mol. The van der Waals surface area contributed by atoms with E-state index in [0.717, 1.165) is 29.7 Å². The van der Waals surface area contributed by atoms with E-state index >= 15 is 0 Å². The molecule has 2 amide bonds. The minimum Gasteiger partial charge on any atom is -0.336 e. The first-order chi connectivity index (χ1) is 14.1. The maximum absolute atomic E-state index is 13.6. The van der Waals surface area contributed by atoms with Gasteiger partial charge >= 0.3 is 0 Å². The summed E-state index contributed by atoms with van der Waals surface area (Å²) in [7, 11) is 0. The van der Waals surface area contributed by atoms with E-state index in [1.54, 1.807) is 12.1 Å². The molecule has 4 heteroatoms. The number of amides is 2. The van der Waals surface area contributed by atoms with Gasteiger partial charge < -0.3 is 10.2 Å². The number of rotatable bonds is 4. The Morgan fingerprint density at radius 2 is 1.59 bits per heavy atom. The van der Waals surface area contributed by atoms with Crippen LogP contribution in [0.4, 0.5) is 5.69 Å². The Morgan fingerprint density at radius 1 is 0.897 bits per heavy atom. The maximum atomic E-state index is 13.6. The van der Waals surface area contributed by atoms with Crippen LogP contribution < -0.4 is 10.2 Å². The van der Waals surface area contributed by atoms with Crippen molar-refractivity contribution in [1.82, 2.24) is 5.32 Å². The number of nitrogens with one attached hydrogen (secondary N) is 1. The van der Waals surface area contributed by atoms with E-state index in [0.29, 0.717) is 12.1 Å². The number of nitrogens with zero attached hydrogens (tertiary/aromatic N) is 1. The quantitative estimate of drug-likeness (QED) is 0.723. The molecule has 0 radical (unpaired) electrons. The number of carbonyl (C=O) groups excluding carboxylic acids is 2. The zero-order valence-corrected chi connectivity index (χ0v) is 16.5. The summed E-state index contributed by atoms with van der Waals surface area (Å²) in [5, 5.41) is 2.97. The van der Waals surface area contributed by atoms with Gasteiger partial charge in [0.25, 0.3) is 11.8 Å². The van der Waals surface area contributed by atoms with Crippen molar-refractivity contribution in [2.24, 2.45) is 0 Å². The summed E-state index contributed by atoms with van der Waals surface area (Å²) in [6, 6.07) is 24.1. The van der Waals surface area contributed by atoms with Crippen LogP contribution in [-0.2, 0) is 11.2 Å². The summed E-state index contributed by atoms with van der Waals surface area (Å²) >= 11 is 0. The molecule has 4 nitrogen and oxygen atoms in total. The Hall–Kier alpha value is -3.40. The molecule has 1 heterocycles. The molecule has 0 bridgehead atoms. The lowest BCUT2D eigenvalue weighted by atomic mass is 9.99. The van der Waals surface area contributed by atoms with Crippen LogP contribution >= 0.6 is 0 Å². The first-order valence-electron chi connectivity index (χ1n) is 9.95. The molecular formula is C25H24N2O2. The summed E-state index contributed by atoms with van der Waals surface area (Å²) in [5.41, 5.74) is 4.52. The first kappa shape index (κ1) is 18.9. The SMILES string of the molecule is Cc1ccc(C(=O)NC(C(=O)N2CCCc3ccccc32)c2ccccc2)cc1. The van der Waals surface area contributed by atoms with Crippen molar-refractivity contribution in [2.45, 2.75) is 25.8 Å². The second kappa shape index (κ2) is 8.31. The molecule has 3 aromatic rings. The standard InChI is InChI=1S/C25H24N2O2/c1-18-13-15-21(16-14-18)24(28)26-23(20-9-3-2-4-10-20)25(29)27-17-7-11-19-8-5-6-12-22(19)27/h2-6,8-10,12-16,23H,7,11,17H2,1H3,(H,26,28). The minimum absolute atomic E-state index is 0.108. The summed E-state index contributed by atoms with van der Waals surface area (Å²) in [5.74, 6) is -0.360. The summed E-state index contributed by atoms with van der Waals surface area (Å²) in [4.78, 5) is 28.3. The lowest BCUT2D eigenvalue weighted by Crippen LogP contribution is -2.45. The Bertz CT molecular complexity index is 1010. The average Bonchev–Trinajstić information content (AvgIpc) is 2.77. The van der Waals surface area contributed by atoms with E-state index in [4.69, 9.17) is 0 Å². The summed E-state index contributed by atoms with van der Waals surface area (Å²) < 4.78 is 0. The van der Waals surface area contributed by atoms with Gasteiger partial charge in [0.1, 0.15) is 6.04 Å². The van der Waals surface area contributed by atoms with Crippen LogP contribution in [0.25, 0.3) is 0 Å². The van der Waals surface area contributed by atoms with Crippen LogP contribution in [0, 0.1) is 6.92 Å². The molecule has 4 rings (SSSR count). The van der Waals surface area contributed by atoms with Gasteiger partial charge in [-0.15, -0.1) is 0 Å². The molecule has 0 aromatic heterocycles. The predicted molar refractivity (Wildman–Crippen MR) is 115 cm³/mol. The van der Waals surface area contributed by atoms with Crippen molar-refractivity contribution in [2.75, 3.05) is 11.4 Å². The number of hydrogen-bond acceptors (Lipinski definition) is 2. The Kier molecular flexibility index (Phi) is 5.43. The lowest BCUT2D eigenvalue weighted by molar-refractivity contribution is -0.120. The van der Waals surface area contributed by atoms with Crippen molar-refractivity contribution in [3.8, 4) is 0 Å². The number of benzene rings is 3. The predicted octanol–water partition coefficient (Wildman–Crippen LogP) is 4.45. The second-order valence-electron chi connectivity index (χ2n) is 7.41. The van der Waals surface area contributed by atoms with Crippen LogP contribution in [-0.4, -0.2) is 18.4 Å². The number of fused-ring (bicyclic) bond motifs is 1. The molecule has 29 heavy (non-hydrogen) atoms. The van der Waals surface area contributed by atoms with Crippen LogP contribution in [0.2, 0.25) is 0 Å². The van der Waals surface area contributed by atoms with Crippen molar-refractivity contribution in [1.29, 1.82) is 0 Å². The van der Waals surface area contributed by atoms with Crippen LogP contribution in [0.1, 0.15) is 39.5 Å². The van der Waals surface area contributed by atoms with Gasteiger partial charge in [0.15, 0.2) is 0 Å². The molecular weight excluding hydrogens is 360 g/mol. The zero-order chi connectivity index (χ0) is 20.2. The van der Waals surface area contributed by atoms with Gasteiger partial charge in [-0.3, -0.25) is 9.59 Å². The van der Waals surface area contributed by atoms with Crippen molar-refractivity contribution < 1.29 is 9.59 Å². The fourth-order valence-electron chi connectivity index (χ4n) is 3.77. The molecule has 1 aliphatic rings. The van der Waals surface area contributed by atoms with Gasteiger partial charge in [-0.25, -0.2) is 0 Å². The fraction of sp³-hybridized carbons (Fsp3) is 0.200. The number of aryl methyl sites for hydroxylation is 2. The van der Waals surface area contributed by atoms with Crippen molar-refractivity contribution >= 4 is 17.5 Å². The van der Waals surface area contributed by atoms with Gasteiger partial charge in [0.2, 0.25) is 0 Å². The number of anilines is 1. The first-order valence-corrected chi connectivity index (χ1v) is 9.95. The smallest absolute Gasteiger partial charge is 0.254 e. The van der Waals surface area contributed by atoms with Crippen molar-refractivity contribution in [3.63, 3.8) is 0 Å². The van der Waals surface area contributed by atoms with Crippen LogP contribution in [0.5, 0.6) is 0 Å². The van der Waals surface area contributed by atoms with Crippen LogP contribution in [0.3, 0.4) is 0 Å². The number of hydrogen-bond donors (Lipinski definition) is 1. The third kappa shape index (κ3) is 4.06. The van der Waals surface area contributed by atoms with Crippen LogP contribution in [0.15, 0.2) is 78.9 Å². The van der Waals surface area contributed by atoms with Gasteiger partial charge in [-0.2, -0.15) is 0 Å². The normalized spacial score (nSPS) is 14.0. The van der Waals surface area contributed by atoms with E-state index in [1.807, 2.05) is 72.5 Å². The topological polar surface area (TPSA) is 49.4 Å². The third-order valence-corrected chi connectivity index (χ3v) is 5.35. The Labute approximate surface area is 171 Å². The van der Waals surface area contributed by atoms with Gasteiger partial charge in [-0.05, 0) is 49.1 Å². The number of para-hydroxylation sites is 1. The largest absolute Gasteiger partial charge is 0.336 e. The Balaban J connectivity index is 1.65. The molecule has 0 aliphatic carbocycles. The minimum atomic E-state index is -0.740. The summed E-state index contributed by atoms with van der Waals surface area (Å²) in [6.45, 7) is 2.63. The molecule has 1 unspecified atom stereocenters. The average molecular weight is 384 g/mol. The maximum Gasteiger partial charge on any atom is 0.254 e. The molecule has 0 fully saturated rings. The molecule has 146 valence electrons. The van der Waals surface area contributed by atoms with Crippen molar-refractivity contribution in [3.05, 3.63) is 101 Å². The highest BCUT2D eigenvalue weighted by Crippen LogP contribution is 2.29. The molecule has 0 saturated heterocycles. The fourth-order valence-corrected chi connectivity index (χ4v) is 3.77. The molecule has 1 atom stereocenters. The zero-order valence-electron chi connectivity index (χ0n) is 16.5. The second-order valence-corrected chi connectivity index (χ2v) is 7.41. The lowest BCUT2D eigenvalue weighted by Gasteiger charge is -2.32. The van der Waals surface area contributed by atoms with E-state index in [9.17, 15) is 9.59 Å². The van der Waals surface area contributed by atoms with E-state index in [-0.39, 0.29) is 11.8 Å². The van der Waals surface area contributed by atoms with Gasteiger partial charge in [0, 0.05) is 17.8 Å². The Morgan fingerprint density at radius 3 is 2.34 bits per heavy atom. The highest BCUT2D eigenvalue weighted by atomic mass is 16.2. The van der Waals surface area contributed by atoms with E-state index in [2.05, 4.69) is 11.4 Å².